The lowest BCUT2D eigenvalue weighted by atomic mass is 10.2. The Morgan fingerprint density at radius 1 is 1.25 bits per heavy atom. The molecule has 2 heterocycles. The average Bonchev–Trinajstić information content (AvgIpc) is 3.04. The van der Waals surface area contributed by atoms with E-state index in [0.29, 0.717) is 0 Å². The second-order valence-electron chi connectivity index (χ2n) is 7.26. The minimum absolute atomic E-state index is 0.0434. The lowest BCUT2D eigenvalue weighted by molar-refractivity contribution is -0.144. The fraction of sp³-hybridized carbons (Fsp3) is 0.286. The van der Waals surface area contributed by atoms with Gasteiger partial charge < -0.3 is 4.74 Å². The highest BCUT2D eigenvalue weighted by atomic mass is 35.5. The Labute approximate surface area is 209 Å². The van der Waals surface area contributed by atoms with Gasteiger partial charge in [0, 0.05) is 20.2 Å². The van der Waals surface area contributed by atoms with Crippen molar-refractivity contribution in [3.63, 3.8) is 0 Å². The van der Waals surface area contributed by atoms with Crippen LogP contribution in [0.25, 0.3) is 5.69 Å². The van der Waals surface area contributed by atoms with Gasteiger partial charge in [-0.05, 0) is 12.1 Å². The maximum atomic E-state index is 14.7. The summed E-state index contributed by atoms with van der Waals surface area (Å²) in [5.74, 6) is -0.274. The van der Waals surface area contributed by atoms with E-state index in [2.05, 4.69) is 10.9 Å². The molecular weight excluding hydrogens is 532 g/mol. The van der Waals surface area contributed by atoms with Crippen molar-refractivity contribution in [3.05, 3.63) is 55.6 Å². The number of hydrogen-bond donors (Lipinski definition) is 0. The van der Waals surface area contributed by atoms with Crippen LogP contribution in [0.3, 0.4) is 0 Å². The van der Waals surface area contributed by atoms with Gasteiger partial charge in [-0.3, -0.25) is 23.9 Å². The fourth-order valence-electron chi connectivity index (χ4n) is 3.14. The molecule has 2 aromatic rings. The van der Waals surface area contributed by atoms with Gasteiger partial charge in [-0.2, -0.15) is 13.2 Å². The number of alkyl halides is 3. The topological polar surface area (TPSA) is 103 Å². The molecule has 0 radical (unpaired) electrons. The van der Waals surface area contributed by atoms with Crippen molar-refractivity contribution >= 4 is 46.1 Å². The summed E-state index contributed by atoms with van der Waals surface area (Å²) in [4.78, 5) is 54.5. The van der Waals surface area contributed by atoms with Crippen LogP contribution in [0, 0.1) is 18.2 Å². The number of hydrogen-bond acceptors (Lipinski definition) is 7. The van der Waals surface area contributed by atoms with Crippen LogP contribution in [0.2, 0.25) is 5.02 Å². The first-order valence-corrected chi connectivity index (χ1v) is 11.0. The van der Waals surface area contributed by atoms with Gasteiger partial charge in [0.05, 0.1) is 22.8 Å². The van der Waals surface area contributed by atoms with Gasteiger partial charge in [0.15, 0.2) is 11.8 Å². The number of rotatable bonds is 5. The van der Waals surface area contributed by atoms with Gasteiger partial charge >= 0.3 is 17.8 Å². The number of carbonyl (C=O) groups is 2. The second kappa shape index (κ2) is 10.2. The van der Waals surface area contributed by atoms with Crippen LogP contribution in [0.1, 0.15) is 12.1 Å². The number of carbonyl (C=O) groups excluding carboxylic acids is 2. The van der Waals surface area contributed by atoms with Gasteiger partial charge in [-0.15, -0.1) is 6.42 Å². The first kappa shape index (κ1) is 27.0. The number of halogens is 5. The molecule has 36 heavy (non-hydrogen) atoms. The largest absolute Gasteiger partial charge is 0.452 e. The average molecular weight is 547 g/mol. The number of ether oxygens (including phenoxy) is 1. The number of benzene rings is 1. The highest BCUT2D eigenvalue weighted by Crippen LogP contribution is 2.35. The third kappa shape index (κ3) is 5.31. The van der Waals surface area contributed by atoms with E-state index in [9.17, 15) is 36.7 Å². The van der Waals surface area contributed by atoms with Crippen LogP contribution in [-0.2, 0) is 27.5 Å². The first-order chi connectivity index (χ1) is 16.8. The molecule has 1 saturated heterocycles. The highest BCUT2D eigenvalue weighted by Gasteiger charge is 2.38. The van der Waals surface area contributed by atoms with E-state index in [0.717, 1.165) is 35.8 Å². The maximum absolute atomic E-state index is 14.7. The molecule has 1 aromatic carbocycles. The number of aliphatic imine (C=N–C) groups is 1. The first-order valence-electron chi connectivity index (χ1n) is 9.78. The van der Waals surface area contributed by atoms with Crippen LogP contribution in [-0.4, -0.2) is 50.0 Å². The van der Waals surface area contributed by atoms with Crippen molar-refractivity contribution in [1.82, 2.24) is 14.0 Å². The SMILES string of the molecule is C#CCOC(=O)CC1SC(=Nc2cc(-n3c(=O)cc(C(F)(F)F)n(C)c3=O)c(F)cc2Cl)N(C)C1=O. The van der Waals surface area contributed by atoms with Crippen LogP contribution in [0.4, 0.5) is 23.2 Å². The van der Waals surface area contributed by atoms with Gasteiger partial charge in [0.2, 0.25) is 5.91 Å². The Morgan fingerprint density at radius 2 is 1.92 bits per heavy atom. The number of amides is 1. The molecule has 0 N–H and O–H groups in total. The predicted octanol–water partition coefficient (Wildman–Crippen LogP) is 2.48. The molecule has 1 aliphatic heterocycles. The summed E-state index contributed by atoms with van der Waals surface area (Å²) < 4.78 is 59.2. The number of esters is 1. The zero-order chi connectivity index (χ0) is 26.9. The summed E-state index contributed by atoms with van der Waals surface area (Å²) in [6, 6.07) is 1.76. The molecule has 0 saturated carbocycles. The minimum Gasteiger partial charge on any atom is -0.452 e. The minimum atomic E-state index is -5.00. The van der Waals surface area contributed by atoms with Gasteiger partial charge in [-0.25, -0.2) is 18.7 Å². The van der Waals surface area contributed by atoms with Gasteiger partial charge in [-0.1, -0.05) is 29.3 Å². The molecule has 1 atom stereocenters. The molecule has 0 spiro atoms. The Bertz CT molecular complexity index is 1440. The zero-order valence-corrected chi connectivity index (χ0v) is 20.0. The third-order valence-corrected chi connectivity index (χ3v) is 6.42. The lowest BCUT2D eigenvalue weighted by Crippen LogP contribution is -2.41. The van der Waals surface area contributed by atoms with E-state index in [4.69, 9.17) is 22.8 Å². The number of thioether (sulfide) groups is 1. The van der Waals surface area contributed by atoms with Crippen molar-refractivity contribution in [3.8, 4) is 18.0 Å². The Kier molecular flexibility index (Phi) is 7.65. The monoisotopic (exact) mass is 546 g/mol. The number of amidine groups is 1. The summed E-state index contributed by atoms with van der Waals surface area (Å²) in [7, 11) is 2.13. The van der Waals surface area contributed by atoms with Crippen molar-refractivity contribution in [1.29, 1.82) is 0 Å². The quantitative estimate of drug-likeness (QED) is 0.324. The molecule has 190 valence electrons. The van der Waals surface area contributed by atoms with E-state index < -0.39 is 51.8 Å². The molecule has 1 aromatic heterocycles. The van der Waals surface area contributed by atoms with Crippen LogP contribution in [0.15, 0.2) is 32.8 Å². The van der Waals surface area contributed by atoms with Crippen LogP contribution < -0.4 is 11.2 Å². The van der Waals surface area contributed by atoms with Gasteiger partial charge in [0.25, 0.3) is 5.56 Å². The van der Waals surface area contributed by atoms with E-state index in [-0.39, 0.29) is 44.1 Å². The van der Waals surface area contributed by atoms with E-state index in [1.165, 1.54) is 7.05 Å². The lowest BCUT2D eigenvalue weighted by Gasteiger charge is -2.15. The maximum Gasteiger partial charge on any atom is 0.431 e. The fourth-order valence-corrected chi connectivity index (χ4v) is 4.46. The summed E-state index contributed by atoms with van der Waals surface area (Å²) in [5.41, 5.74) is -5.30. The summed E-state index contributed by atoms with van der Waals surface area (Å²) in [6.07, 6.45) is -0.293. The summed E-state index contributed by atoms with van der Waals surface area (Å²) in [6.45, 7) is -0.266. The Hall–Kier alpha value is -3.57. The molecule has 0 bridgehead atoms. The third-order valence-electron chi connectivity index (χ3n) is 4.89. The van der Waals surface area contributed by atoms with Crippen LogP contribution >= 0.6 is 23.4 Å². The molecule has 1 unspecified atom stereocenters. The van der Waals surface area contributed by atoms with Crippen molar-refractivity contribution < 1.29 is 31.9 Å². The summed E-state index contributed by atoms with van der Waals surface area (Å²) >= 11 is 6.93. The molecule has 1 aliphatic rings. The second-order valence-corrected chi connectivity index (χ2v) is 8.84. The predicted molar refractivity (Wildman–Crippen MR) is 123 cm³/mol. The molecular formula is C21H15ClF4N4O5S. The van der Waals surface area contributed by atoms with E-state index in [1.807, 2.05) is 0 Å². The molecule has 3 rings (SSSR count). The Morgan fingerprint density at radius 3 is 2.53 bits per heavy atom. The van der Waals surface area contributed by atoms with Crippen molar-refractivity contribution in [2.24, 2.45) is 12.0 Å². The standard InChI is InChI=1S/C21H15ClF4N4O5S/c1-4-5-35-17(32)8-14-18(33)29(3)19(36-14)27-12-7-13(11(23)6-10(12)22)30-16(31)9-15(21(24,25)26)28(2)20(30)34/h1,6-7,9,14H,5,8H2,2-3H3. The van der Waals surface area contributed by atoms with E-state index in [1.54, 1.807) is 0 Å². The number of terminal acetylenes is 1. The molecule has 1 fully saturated rings. The van der Waals surface area contributed by atoms with Crippen molar-refractivity contribution in [2.45, 2.75) is 17.8 Å². The molecule has 1 amide bonds. The summed E-state index contributed by atoms with van der Waals surface area (Å²) in [5, 5.41) is -1.14. The normalized spacial score (nSPS) is 16.9. The van der Waals surface area contributed by atoms with E-state index >= 15 is 0 Å². The highest BCUT2D eigenvalue weighted by molar-refractivity contribution is 8.15. The molecule has 0 aliphatic carbocycles. The smallest absolute Gasteiger partial charge is 0.431 e. The van der Waals surface area contributed by atoms with Gasteiger partial charge in [0.1, 0.15) is 16.8 Å². The Balaban J connectivity index is 2.04. The number of aromatic nitrogens is 2. The zero-order valence-electron chi connectivity index (χ0n) is 18.4. The van der Waals surface area contributed by atoms with Crippen molar-refractivity contribution in [2.75, 3.05) is 13.7 Å². The molecule has 9 nitrogen and oxygen atoms in total. The van der Waals surface area contributed by atoms with Crippen LogP contribution in [0.5, 0.6) is 0 Å². The number of nitrogens with zero attached hydrogens (tertiary/aromatic N) is 4. The molecule has 15 heteroatoms.